The van der Waals surface area contributed by atoms with Gasteiger partial charge in [0.2, 0.25) is 5.91 Å². The molecule has 0 radical (unpaired) electrons. The van der Waals surface area contributed by atoms with Gasteiger partial charge in [0.15, 0.2) is 0 Å². The summed E-state index contributed by atoms with van der Waals surface area (Å²) in [7, 11) is 3.41. The maximum Gasteiger partial charge on any atom is 0.248 e. The molecule has 0 spiro atoms. The van der Waals surface area contributed by atoms with E-state index < -0.39 is 5.91 Å². The van der Waals surface area contributed by atoms with E-state index in [4.69, 9.17) is 10.5 Å². The molecule has 0 aliphatic carbocycles. The predicted molar refractivity (Wildman–Crippen MR) is 55.8 cm³/mol. The first-order valence-electron chi connectivity index (χ1n) is 4.42. The van der Waals surface area contributed by atoms with Gasteiger partial charge in [-0.1, -0.05) is 0 Å². The summed E-state index contributed by atoms with van der Waals surface area (Å²) in [5.74, 6) is 0.113. The summed E-state index contributed by atoms with van der Waals surface area (Å²) >= 11 is 0. The van der Waals surface area contributed by atoms with Crippen molar-refractivity contribution in [2.24, 2.45) is 12.8 Å². The molecule has 1 amide bonds. The first-order chi connectivity index (χ1) is 7.13. The summed E-state index contributed by atoms with van der Waals surface area (Å²) in [6.07, 6.45) is 1.66. The van der Waals surface area contributed by atoms with E-state index in [1.54, 1.807) is 25.6 Å². The average Bonchev–Trinajstić information content (AvgIpc) is 2.59. The van der Waals surface area contributed by atoms with Crippen LogP contribution in [0.5, 0.6) is 5.75 Å². The monoisotopic (exact) mass is 205 g/mol. The van der Waals surface area contributed by atoms with Crippen molar-refractivity contribution in [1.82, 2.24) is 9.55 Å². The number of nitrogens with two attached hydrogens (primary N) is 1. The van der Waals surface area contributed by atoms with E-state index in [0.29, 0.717) is 16.8 Å². The Morgan fingerprint density at radius 1 is 1.53 bits per heavy atom. The van der Waals surface area contributed by atoms with Crippen LogP contribution in [-0.4, -0.2) is 22.6 Å². The van der Waals surface area contributed by atoms with Crippen molar-refractivity contribution in [2.75, 3.05) is 7.11 Å². The van der Waals surface area contributed by atoms with Gasteiger partial charge in [-0.25, -0.2) is 4.98 Å². The molecule has 2 rings (SSSR count). The lowest BCUT2D eigenvalue weighted by Gasteiger charge is -2.05. The number of rotatable bonds is 2. The molecule has 0 unspecified atom stereocenters. The molecule has 2 aromatic rings. The Balaban J connectivity index is 2.79. The largest absolute Gasteiger partial charge is 0.494 e. The first-order valence-corrected chi connectivity index (χ1v) is 4.42. The summed E-state index contributed by atoms with van der Waals surface area (Å²) in [4.78, 5) is 15.2. The number of carbonyl (C=O) groups is 1. The molecular weight excluding hydrogens is 194 g/mol. The van der Waals surface area contributed by atoms with Crippen LogP contribution in [0.4, 0.5) is 0 Å². The number of fused-ring (bicyclic) bond motifs is 1. The van der Waals surface area contributed by atoms with E-state index in [1.165, 1.54) is 0 Å². The molecule has 15 heavy (non-hydrogen) atoms. The van der Waals surface area contributed by atoms with Crippen LogP contribution in [0.25, 0.3) is 11.0 Å². The number of primary amides is 1. The highest BCUT2D eigenvalue weighted by atomic mass is 16.5. The zero-order chi connectivity index (χ0) is 11.0. The van der Waals surface area contributed by atoms with Gasteiger partial charge in [-0.05, 0) is 12.1 Å². The molecular formula is C10H11N3O2. The highest BCUT2D eigenvalue weighted by Gasteiger charge is 2.11. The van der Waals surface area contributed by atoms with Crippen molar-refractivity contribution in [3.63, 3.8) is 0 Å². The van der Waals surface area contributed by atoms with Crippen LogP contribution in [0.2, 0.25) is 0 Å². The van der Waals surface area contributed by atoms with Crippen LogP contribution in [0, 0.1) is 0 Å². The summed E-state index contributed by atoms with van der Waals surface area (Å²) in [6.45, 7) is 0. The van der Waals surface area contributed by atoms with Crippen LogP contribution >= 0.6 is 0 Å². The van der Waals surface area contributed by atoms with Gasteiger partial charge in [0.05, 0.1) is 19.0 Å². The molecule has 0 aliphatic heterocycles. The number of benzene rings is 1. The van der Waals surface area contributed by atoms with Gasteiger partial charge in [-0.3, -0.25) is 4.79 Å². The molecule has 1 aromatic carbocycles. The number of methoxy groups -OCH3 is 1. The third-order valence-corrected chi connectivity index (χ3v) is 2.28. The quantitative estimate of drug-likeness (QED) is 0.783. The van der Waals surface area contributed by atoms with Gasteiger partial charge in [0.25, 0.3) is 0 Å². The molecule has 0 saturated heterocycles. The van der Waals surface area contributed by atoms with Gasteiger partial charge in [0.1, 0.15) is 11.3 Å². The Bertz CT molecular complexity index is 531. The molecule has 0 aliphatic rings. The van der Waals surface area contributed by atoms with Crippen molar-refractivity contribution in [3.8, 4) is 5.75 Å². The fourth-order valence-corrected chi connectivity index (χ4v) is 1.55. The van der Waals surface area contributed by atoms with Crippen LogP contribution in [0.3, 0.4) is 0 Å². The van der Waals surface area contributed by atoms with Gasteiger partial charge in [-0.2, -0.15) is 0 Å². The van der Waals surface area contributed by atoms with Gasteiger partial charge < -0.3 is 15.0 Å². The number of ether oxygens (including phenoxy) is 1. The maximum absolute atomic E-state index is 11.1. The number of amides is 1. The third-order valence-electron chi connectivity index (χ3n) is 2.28. The normalized spacial score (nSPS) is 10.5. The zero-order valence-electron chi connectivity index (χ0n) is 8.52. The molecule has 0 fully saturated rings. The Labute approximate surface area is 86.5 Å². The molecule has 78 valence electrons. The lowest BCUT2D eigenvalue weighted by atomic mass is 10.1. The average molecular weight is 205 g/mol. The number of imidazole rings is 1. The highest BCUT2D eigenvalue weighted by Crippen LogP contribution is 2.25. The van der Waals surface area contributed by atoms with Gasteiger partial charge in [0, 0.05) is 12.6 Å². The molecule has 1 heterocycles. The number of hydrogen-bond donors (Lipinski definition) is 1. The van der Waals surface area contributed by atoms with Crippen molar-refractivity contribution < 1.29 is 9.53 Å². The minimum Gasteiger partial charge on any atom is -0.494 e. The molecule has 1 aromatic heterocycles. The fourth-order valence-electron chi connectivity index (χ4n) is 1.55. The zero-order valence-corrected chi connectivity index (χ0v) is 8.52. The Hall–Kier alpha value is -2.04. The molecule has 5 nitrogen and oxygen atoms in total. The molecule has 0 bridgehead atoms. The van der Waals surface area contributed by atoms with E-state index in [0.717, 1.165) is 5.52 Å². The lowest BCUT2D eigenvalue weighted by molar-refractivity contribution is 0.1000. The summed E-state index contributed by atoms with van der Waals surface area (Å²) in [5.41, 5.74) is 7.16. The molecule has 0 atom stereocenters. The van der Waals surface area contributed by atoms with E-state index in [2.05, 4.69) is 4.98 Å². The lowest BCUT2D eigenvalue weighted by Crippen LogP contribution is -2.11. The fraction of sp³-hybridized carbons (Fsp3) is 0.200. The summed E-state index contributed by atoms with van der Waals surface area (Å²) in [5, 5.41) is 0. The second-order valence-corrected chi connectivity index (χ2v) is 3.27. The number of nitrogens with zero attached hydrogens (tertiary/aromatic N) is 2. The predicted octanol–water partition coefficient (Wildman–Crippen LogP) is 0.681. The minimum absolute atomic E-state index is 0.401. The SMILES string of the molecule is COc1cc(C(N)=O)cc2ncn(C)c12. The Morgan fingerprint density at radius 3 is 2.87 bits per heavy atom. The first kappa shape index (κ1) is 9.51. The van der Waals surface area contributed by atoms with Crippen LogP contribution < -0.4 is 10.5 Å². The number of aryl methyl sites for hydroxylation is 1. The standard InChI is InChI=1S/C10H11N3O2/c1-13-5-12-7-3-6(10(11)14)4-8(15-2)9(7)13/h3-5H,1-2H3,(H2,11,14). The summed E-state index contributed by atoms with van der Waals surface area (Å²) < 4.78 is 7.02. The molecule has 0 saturated carbocycles. The van der Waals surface area contributed by atoms with Crippen molar-refractivity contribution in [1.29, 1.82) is 0 Å². The van der Waals surface area contributed by atoms with Gasteiger partial charge in [-0.15, -0.1) is 0 Å². The third kappa shape index (κ3) is 1.41. The van der Waals surface area contributed by atoms with Gasteiger partial charge >= 0.3 is 0 Å². The van der Waals surface area contributed by atoms with Crippen LogP contribution in [0.15, 0.2) is 18.5 Å². The Kier molecular flexibility index (Phi) is 2.07. The topological polar surface area (TPSA) is 70.1 Å². The number of hydrogen-bond acceptors (Lipinski definition) is 3. The Morgan fingerprint density at radius 2 is 2.27 bits per heavy atom. The maximum atomic E-state index is 11.1. The smallest absolute Gasteiger partial charge is 0.248 e. The van der Waals surface area contributed by atoms with E-state index >= 15 is 0 Å². The number of aromatic nitrogens is 2. The van der Waals surface area contributed by atoms with Crippen molar-refractivity contribution in [2.45, 2.75) is 0 Å². The number of carbonyl (C=O) groups excluding carboxylic acids is 1. The summed E-state index contributed by atoms with van der Waals surface area (Å²) in [6, 6.07) is 3.27. The molecule has 5 heteroatoms. The highest BCUT2D eigenvalue weighted by molar-refractivity contribution is 5.98. The second-order valence-electron chi connectivity index (χ2n) is 3.27. The van der Waals surface area contributed by atoms with Crippen molar-refractivity contribution >= 4 is 16.9 Å². The van der Waals surface area contributed by atoms with Crippen molar-refractivity contribution in [3.05, 3.63) is 24.0 Å². The molecule has 2 N–H and O–H groups in total. The van der Waals surface area contributed by atoms with E-state index in [9.17, 15) is 4.79 Å². The second kappa shape index (κ2) is 3.27. The minimum atomic E-state index is -0.485. The van der Waals surface area contributed by atoms with Crippen LogP contribution in [-0.2, 0) is 7.05 Å². The van der Waals surface area contributed by atoms with E-state index in [-0.39, 0.29) is 0 Å². The van der Waals surface area contributed by atoms with E-state index in [1.807, 2.05) is 11.6 Å². The van der Waals surface area contributed by atoms with Crippen LogP contribution in [0.1, 0.15) is 10.4 Å².